The first-order chi connectivity index (χ1) is 14.7. The van der Waals surface area contributed by atoms with Crippen LogP contribution in [0, 0.1) is 19.8 Å². The molecule has 0 aliphatic carbocycles. The second-order valence-corrected chi connectivity index (χ2v) is 11.0. The van der Waals surface area contributed by atoms with Crippen LogP contribution in [0.4, 0.5) is 5.69 Å². The topological polar surface area (TPSA) is 105 Å². The molecule has 1 aliphatic rings. The van der Waals surface area contributed by atoms with Crippen LogP contribution in [0.3, 0.4) is 0 Å². The third kappa shape index (κ3) is 4.67. The highest BCUT2D eigenvalue weighted by molar-refractivity contribution is 7.89. The summed E-state index contributed by atoms with van der Waals surface area (Å²) in [4.78, 5) is 18.4. The number of halogens is 1. The molecule has 0 bridgehead atoms. The lowest BCUT2D eigenvalue weighted by Gasteiger charge is -2.31. The van der Waals surface area contributed by atoms with Gasteiger partial charge in [-0.1, -0.05) is 16.8 Å². The van der Waals surface area contributed by atoms with Gasteiger partial charge in [-0.3, -0.25) is 4.79 Å². The Morgan fingerprint density at radius 1 is 1.29 bits per heavy atom. The van der Waals surface area contributed by atoms with E-state index in [-0.39, 0.29) is 17.3 Å². The lowest BCUT2D eigenvalue weighted by atomic mass is 9.99. The highest BCUT2D eigenvalue weighted by atomic mass is 35.5. The van der Waals surface area contributed by atoms with Crippen molar-refractivity contribution in [3.63, 3.8) is 0 Å². The van der Waals surface area contributed by atoms with Gasteiger partial charge < -0.3 is 9.84 Å². The molecule has 1 aromatic carbocycles. The van der Waals surface area contributed by atoms with Crippen molar-refractivity contribution >= 4 is 44.6 Å². The van der Waals surface area contributed by atoms with E-state index in [4.69, 9.17) is 16.1 Å². The molecule has 8 nitrogen and oxygen atoms in total. The number of benzene rings is 1. The van der Waals surface area contributed by atoms with Crippen LogP contribution in [-0.2, 0) is 14.8 Å². The number of sulfonamides is 1. The summed E-state index contributed by atoms with van der Waals surface area (Å²) in [6, 6.07) is 8.39. The number of amides is 1. The summed E-state index contributed by atoms with van der Waals surface area (Å²) in [5, 5.41) is 7.29. The van der Waals surface area contributed by atoms with Crippen LogP contribution in [0.5, 0.6) is 0 Å². The summed E-state index contributed by atoms with van der Waals surface area (Å²) in [7, 11) is -3.76. The first-order valence-corrected chi connectivity index (χ1v) is 12.3. The van der Waals surface area contributed by atoms with Crippen molar-refractivity contribution in [2.45, 2.75) is 31.6 Å². The van der Waals surface area contributed by atoms with Gasteiger partial charge in [-0.25, -0.2) is 8.42 Å². The summed E-state index contributed by atoms with van der Waals surface area (Å²) in [5.74, 6) is 0.145. The maximum absolute atomic E-state index is 13.3. The van der Waals surface area contributed by atoms with E-state index in [0.717, 1.165) is 0 Å². The Bertz CT molecular complexity index is 1200. The molecule has 1 fully saturated rings. The van der Waals surface area contributed by atoms with E-state index in [1.165, 1.54) is 15.6 Å². The van der Waals surface area contributed by atoms with E-state index in [1.54, 1.807) is 44.2 Å². The zero-order valence-electron chi connectivity index (χ0n) is 17.0. The Hall–Kier alpha value is -2.27. The molecule has 3 heterocycles. The molecule has 2 aromatic heterocycles. The first kappa shape index (κ1) is 21.9. The number of nitrogens with zero attached hydrogens (tertiary/aromatic N) is 3. The zero-order valence-corrected chi connectivity index (χ0v) is 19.4. The Kier molecular flexibility index (Phi) is 6.16. The minimum atomic E-state index is -3.76. The highest BCUT2D eigenvalue weighted by Gasteiger charge is 2.35. The number of hydrogen-bond donors (Lipinski definition) is 1. The number of thiophene rings is 1. The van der Waals surface area contributed by atoms with E-state index >= 15 is 0 Å². The van der Waals surface area contributed by atoms with Crippen LogP contribution >= 0.6 is 22.9 Å². The smallest absolute Gasteiger partial charge is 0.244 e. The molecule has 1 saturated heterocycles. The van der Waals surface area contributed by atoms with Crippen molar-refractivity contribution in [2.75, 3.05) is 18.4 Å². The molecule has 164 valence electrons. The van der Waals surface area contributed by atoms with Crippen molar-refractivity contribution < 1.29 is 17.7 Å². The number of anilines is 1. The number of aromatic nitrogens is 2. The van der Waals surface area contributed by atoms with Crippen molar-refractivity contribution in [3.8, 4) is 10.7 Å². The quantitative estimate of drug-likeness (QED) is 0.589. The minimum Gasteiger partial charge on any atom is -0.339 e. The molecule has 31 heavy (non-hydrogen) atoms. The second-order valence-electron chi connectivity index (χ2n) is 7.37. The third-order valence-corrected chi connectivity index (χ3v) is 8.52. The molecule has 0 spiro atoms. The van der Waals surface area contributed by atoms with Crippen LogP contribution < -0.4 is 5.32 Å². The Labute approximate surface area is 189 Å². The van der Waals surface area contributed by atoms with Crippen LogP contribution in [0.15, 0.2) is 39.8 Å². The molecule has 1 atom stereocenters. The molecule has 3 aromatic rings. The van der Waals surface area contributed by atoms with Gasteiger partial charge in [0, 0.05) is 35.6 Å². The molecule has 4 rings (SSSR count). The Morgan fingerprint density at radius 3 is 2.71 bits per heavy atom. The summed E-state index contributed by atoms with van der Waals surface area (Å²) >= 11 is 7.18. The lowest BCUT2D eigenvalue weighted by molar-refractivity contribution is -0.120. The predicted molar refractivity (Wildman–Crippen MR) is 119 cm³/mol. The lowest BCUT2D eigenvalue weighted by Crippen LogP contribution is -2.43. The molecular formula is C20H21ClN4O4S2. The summed E-state index contributed by atoms with van der Waals surface area (Å²) < 4.78 is 33.1. The predicted octanol–water partition coefficient (Wildman–Crippen LogP) is 4.11. The maximum Gasteiger partial charge on any atom is 0.244 e. The highest BCUT2D eigenvalue weighted by Crippen LogP contribution is 2.35. The largest absolute Gasteiger partial charge is 0.339 e. The van der Waals surface area contributed by atoms with Crippen LogP contribution in [0.1, 0.15) is 23.6 Å². The number of hydrogen-bond acceptors (Lipinski definition) is 7. The van der Waals surface area contributed by atoms with Crippen LogP contribution in [-0.4, -0.2) is 41.9 Å². The Morgan fingerprint density at radius 2 is 2.03 bits per heavy atom. The normalized spacial score (nSPS) is 17.6. The van der Waals surface area contributed by atoms with Gasteiger partial charge in [-0.05, 0) is 50.1 Å². The van der Waals surface area contributed by atoms with E-state index in [0.29, 0.717) is 51.6 Å². The molecule has 0 radical (unpaired) electrons. The van der Waals surface area contributed by atoms with Gasteiger partial charge in [0.25, 0.3) is 0 Å². The van der Waals surface area contributed by atoms with E-state index in [9.17, 15) is 13.2 Å². The van der Waals surface area contributed by atoms with Gasteiger partial charge in [-0.2, -0.15) is 9.29 Å². The Balaban J connectivity index is 1.51. The van der Waals surface area contributed by atoms with Crippen molar-refractivity contribution in [1.29, 1.82) is 0 Å². The SMILES string of the molecule is Cc1nc(-c2cc(S(=O)(=O)N3CCC[C@@H](C(=O)Nc4ccc(Cl)cc4)C3)c(C)s2)no1. The molecule has 1 aliphatic heterocycles. The number of nitrogens with one attached hydrogen (secondary N) is 1. The molecular weight excluding hydrogens is 460 g/mol. The molecule has 1 amide bonds. The fourth-order valence-corrected chi connectivity index (χ4v) is 6.66. The number of carbonyl (C=O) groups excluding carboxylic acids is 1. The average molecular weight is 481 g/mol. The van der Waals surface area contributed by atoms with Gasteiger partial charge in [0.15, 0.2) is 0 Å². The van der Waals surface area contributed by atoms with Gasteiger partial charge >= 0.3 is 0 Å². The standard InChI is InChI=1S/C20H21ClN4O4S2/c1-12-18(10-17(30-12)19-22-13(2)29-24-19)31(27,28)25-9-3-4-14(11-25)20(26)23-16-7-5-15(21)6-8-16/h5-8,10,14H,3-4,9,11H2,1-2H3,(H,23,26)/t14-/m1/s1. The summed E-state index contributed by atoms with van der Waals surface area (Å²) in [6.07, 6.45) is 1.24. The average Bonchev–Trinajstić information content (AvgIpc) is 3.35. The molecule has 0 unspecified atom stereocenters. The van der Waals surface area contributed by atoms with E-state index < -0.39 is 15.9 Å². The fraction of sp³-hybridized carbons (Fsp3) is 0.350. The van der Waals surface area contributed by atoms with Crippen LogP contribution in [0.2, 0.25) is 5.02 Å². The van der Waals surface area contributed by atoms with Crippen molar-refractivity contribution in [3.05, 3.63) is 46.1 Å². The van der Waals surface area contributed by atoms with Gasteiger partial charge in [0.1, 0.15) is 0 Å². The fourth-order valence-electron chi connectivity index (χ4n) is 3.52. The van der Waals surface area contributed by atoms with Gasteiger partial charge in [0.2, 0.25) is 27.6 Å². The number of aryl methyl sites for hydroxylation is 2. The zero-order chi connectivity index (χ0) is 22.2. The van der Waals surface area contributed by atoms with Gasteiger partial charge in [-0.15, -0.1) is 11.3 Å². The van der Waals surface area contributed by atoms with Gasteiger partial charge in [0.05, 0.1) is 15.7 Å². The second kappa shape index (κ2) is 8.70. The third-order valence-electron chi connectivity index (χ3n) is 5.10. The monoisotopic (exact) mass is 480 g/mol. The van der Waals surface area contributed by atoms with Crippen molar-refractivity contribution in [2.24, 2.45) is 5.92 Å². The summed E-state index contributed by atoms with van der Waals surface area (Å²) in [6.45, 7) is 3.94. The molecule has 0 saturated carbocycles. The summed E-state index contributed by atoms with van der Waals surface area (Å²) in [5.41, 5.74) is 0.628. The first-order valence-electron chi connectivity index (χ1n) is 9.72. The number of rotatable bonds is 5. The van der Waals surface area contributed by atoms with E-state index in [1.807, 2.05) is 0 Å². The van der Waals surface area contributed by atoms with Crippen molar-refractivity contribution in [1.82, 2.24) is 14.4 Å². The number of piperidine rings is 1. The van der Waals surface area contributed by atoms with Crippen LogP contribution in [0.25, 0.3) is 10.7 Å². The number of carbonyl (C=O) groups is 1. The molecule has 1 N–H and O–H groups in total. The maximum atomic E-state index is 13.3. The van der Waals surface area contributed by atoms with E-state index in [2.05, 4.69) is 15.5 Å². The molecule has 11 heteroatoms. The minimum absolute atomic E-state index is 0.133.